The van der Waals surface area contributed by atoms with Gasteiger partial charge >= 0.3 is 0 Å². The molecule has 3 aliphatic rings. The lowest BCUT2D eigenvalue weighted by Crippen LogP contribution is -2.60. The summed E-state index contributed by atoms with van der Waals surface area (Å²) in [5.41, 5.74) is 1.90. The highest BCUT2D eigenvalue weighted by atomic mass is 15.2. The number of nitrogens with zero attached hydrogens (tertiary/aromatic N) is 1. The minimum absolute atomic E-state index is 0.378. The molecule has 2 nitrogen and oxygen atoms in total. The third-order valence-electron chi connectivity index (χ3n) is 6.74. The third kappa shape index (κ3) is 2.41. The maximum absolute atomic E-state index is 4.06. The molecule has 1 N–H and O–H groups in total. The van der Waals surface area contributed by atoms with E-state index in [0.29, 0.717) is 11.5 Å². The molecular weight excluding hydrogens is 268 g/mol. The molecule has 4 rings (SSSR count). The number of rotatable bonds is 3. The first-order valence-corrected chi connectivity index (χ1v) is 9.21. The van der Waals surface area contributed by atoms with E-state index >= 15 is 0 Å². The van der Waals surface area contributed by atoms with Gasteiger partial charge in [-0.05, 0) is 49.1 Å². The third-order valence-corrected chi connectivity index (χ3v) is 6.74. The molecule has 1 saturated carbocycles. The van der Waals surface area contributed by atoms with Gasteiger partial charge in [-0.1, -0.05) is 50.6 Å². The van der Waals surface area contributed by atoms with Crippen LogP contribution in [0, 0.1) is 5.41 Å². The Kier molecular flexibility index (Phi) is 3.78. The monoisotopic (exact) mass is 298 g/mol. The van der Waals surface area contributed by atoms with Crippen molar-refractivity contribution in [1.29, 1.82) is 0 Å². The average Bonchev–Trinajstić information content (AvgIpc) is 2.95. The molecule has 1 aromatic rings. The van der Waals surface area contributed by atoms with E-state index in [4.69, 9.17) is 0 Å². The molecular formula is C20H30N2. The van der Waals surface area contributed by atoms with E-state index in [0.717, 1.165) is 18.0 Å². The SMILES string of the molecule is CC1(C)[C@H](N[C@@H]2CCN3CCCC[C@H]23)C[C@H]1c1ccccc1. The first-order valence-electron chi connectivity index (χ1n) is 9.21. The second-order valence-corrected chi connectivity index (χ2v) is 8.23. The summed E-state index contributed by atoms with van der Waals surface area (Å²) in [7, 11) is 0. The highest BCUT2D eigenvalue weighted by Crippen LogP contribution is 2.52. The van der Waals surface area contributed by atoms with Crippen LogP contribution in [-0.4, -0.2) is 36.1 Å². The fourth-order valence-corrected chi connectivity index (χ4v) is 5.16. The highest BCUT2D eigenvalue weighted by molar-refractivity contribution is 5.27. The van der Waals surface area contributed by atoms with Crippen LogP contribution in [0.1, 0.15) is 57.4 Å². The van der Waals surface area contributed by atoms with Crippen LogP contribution in [0.5, 0.6) is 0 Å². The Hall–Kier alpha value is -0.860. The second kappa shape index (κ2) is 5.65. The smallest absolute Gasteiger partial charge is 0.0249 e. The van der Waals surface area contributed by atoms with Crippen molar-refractivity contribution < 1.29 is 0 Å². The summed E-state index contributed by atoms with van der Waals surface area (Å²) in [6.07, 6.45) is 6.91. The minimum atomic E-state index is 0.378. The van der Waals surface area contributed by atoms with Gasteiger partial charge in [0.05, 0.1) is 0 Å². The van der Waals surface area contributed by atoms with Gasteiger partial charge in [-0.15, -0.1) is 0 Å². The summed E-state index contributed by atoms with van der Waals surface area (Å²) in [6, 6.07) is 13.3. The second-order valence-electron chi connectivity index (χ2n) is 8.23. The van der Waals surface area contributed by atoms with E-state index in [-0.39, 0.29) is 0 Å². The Morgan fingerprint density at radius 2 is 1.86 bits per heavy atom. The van der Waals surface area contributed by atoms with Crippen LogP contribution in [0.4, 0.5) is 0 Å². The summed E-state index contributed by atoms with van der Waals surface area (Å²) in [5.74, 6) is 0.718. The highest BCUT2D eigenvalue weighted by Gasteiger charge is 2.50. The van der Waals surface area contributed by atoms with Gasteiger partial charge < -0.3 is 5.32 Å². The molecule has 22 heavy (non-hydrogen) atoms. The van der Waals surface area contributed by atoms with Crippen molar-refractivity contribution in [3.05, 3.63) is 35.9 Å². The Morgan fingerprint density at radius 3 is 2.64 bits per heavy atom. The van der Waals surface area contributed by atoms with Crippen molar-refractivity contribution in [3.8, 4) is 0 Å². The molecule has 120 valence electrons. The predicted octanol–water partition coefficient (Wildman–Crippen LogP) is 3.79. The molecule has 0 radical (unpaired) electrons. The molecule has 0 bridgehead atoms. The molecule has 0 aromatic heterocycles. The van der Waals surface area contributed by atoms with E-state index in [1.165, 1.54) is 50.8 Å². The Labute approximate surface area is 135 Å². The number of hydrogen-bond donors (Lipinski definition) is 1. The maximum Gasteiger partial charge on any atom is 0.0249 e. The molecule has 0 amide bonds. The van der Waals surface area contributed by atoms with Crippen molar-refractivity contribution >= 4 is 0 Å². The molecule has 1 aromatic carbocycles. The first kappa shape index (κ1) is 14.7. The Balaban J connectivity index is 1.41. The van der Waals surface area contributed by atoms with Crippen LogP contribution in [0.3, 0.4) is 0 Å². The largest absolute Gasteiger partial charge is 0.309 e. The molecule has 2 aliphatic heterocycles. The van der Waals surface area contributed by atoms with Crippen LogP contribution < -0.4 is 5.32 Å². The van der Waals surface area contributed by atoms with E-state index in [2.05, 4.69) is 54.4 Å². The van der Waals surface area contributed by atoms with E-state index in [1.54, 1.807) is 0 Å². The fourth-order valence-electron chi connectivity index (χ4n) is 5.16. The summed E-state index contributed by atoms with van der Waals surface area (Å²) in [6.45, 7) is 7.57. The number of fused-ring (bicyclic) bond motifs is 1. The fraction of sp³-hybridized carbons (Fsp3) is 0.700. The lowest BCUT2D eigenvalue weighted by molar-refractivity contribution is 0.0521. The van der Waals surface area contributed by atoms with Crippen LogP contribution >= 0.6 is 0 Å². The zero-order chi connectivity index (χ0) is 15.2. The molecule has 0 unspecified atom stereocenters. The Bertz CT molecular complexity index is 510. The summed E-state index contributed by atoms with van der Waals surface area (Å²) in [5, 5.41) is 4.06. The number of piperidine rings is 1. The Morgan fingerprint density at radius 1 is 1.05 bits per heavy atom. The first-order chi connectivity index (χ1) is 10.7. The molecule has 2 saturated heterocycles. The lowest BCUT2D eigenvalue weighted by atomic mass is 9.56. The van der Waals surface area contributed by atoms with Gasteiger partial charge in [0.2, 0.25) is 0 Å². The molecule has 3 fully saturated rings. The van der Waals surface area contributed by atoms with Gasteiger partial charge in [-0.3, -0.25) is 4.90 Å². The van der Waals surface area contributed by atoms with Gasteiger partial charge in [0.15, 0.2) is 0 Å². The standard InChI is InChI=1S/C20H30N2/c1-20(2)16(15-8-4-3-5-9-15)14-19(20)21-17-11-13-22-12-7-6-10-18(17)22/h3-5,8-9,16-19,21H,6-7,10-14H2,1-2H3/t16-,17+,18+,19+/m0/s1. The van der Waals surface area contributed by atoms with E-state index in [9.17, 15) is 0 Å². The topological polar surface area (TPSA) is 15.3 Å². The summed E-state index contributed by atoms with van der Waals surface area (Å²) >= 11 is 0. The quantitative estimate of drug-likeness (QED) is 0.913. The van der Waals surface area contributed by atoms with Crippen LogP contribution in [0.2, 0.25) is 0 Å². The van der Waals surface area contributed by atoms with Gasteiger partial charge in [-0.2, -0.15) is 0 Å². The van der Waals surface area contributed by atoms with Crippen molar-refractivity contribution in [1.82, 2.24) is 10.2 Å². The molecule has 0 spiro atoms. The number of hydrogen-bond acceptors (Lipinski definition) is 2. The zero-order valence-electron chi connectivity index (χ0n) is 14.1. The zero-order valence-corrected chi connectivity index (χ0v) is 14.1. The van der Waals surface area contributed by atoms with E-state index < -0.39 is 0 Å². The van der Waals surface area contributed by atoms with Crippen molar-refractivity contribution in [2.24, 2.45) is 5.41 Å². The van der Waals surface area contributed by atoms with Crippen molar-refractivity contribution in [2.45, 2.75) is 70.0 Å². The van der Waals surface area contributed by atoms with Gasteiger partial charge in [0, 0.05) is 24.7 Å². The molecule has 4 atom stereocenters. The molecule has 2 heterocycles. The van der Waals surface area contributed by atoms with Gasteiger partial charge in [-0.25, -0.2) is 0 Å². The minimum Gasteiger partial charge on any atom is -0.309 e. The predicted molar refractivity (Wildman–Crippen MR) is 92.1 cm³/mol. The summed E-state index contributed by atoms with van der Waals surface area (Å²) < 4.78 is 0. The lowest BCUT2D eigenvalue weighted by Gasteiger charge is -2.54. The van der Waals surface area contributed by atoms with Crippen molar-refractivity contribution in [2.75, 3.05) is 13.1 Å². The van der Waals surface area contributed by atoms with Gasteiger partial charge in [0.25, 0.3) is 0 Å². The number of benzene rings is 1. The normalized spacial score (nSPS) is 37.5. The average molecular weight is 298 g/mol. The van der Waals surface area contributed by atoms with Crippen LogP contribution in [0.15, 0.2) is 30.3 Å². The van der Waals surface area contributed by atoms with Crippen molar-refractivity contribution in [3.63, 3.8) is 0 Å². The van der Waals surface area contributed by atoms with Crippen LogP contribution in [-0.2, 0) is 0 Å². The van der Waals surface area contributed by atoms with Gasteiger partial charge in [0.1, 0.15) is 0 Å². The van der Waals surface area contributed by atoms with Crippen LogP contribution in [0.25, 0.3) is 0 Å². The molecule has 2 heteroatoms. The number of nitrogens with one attached hydrogen (secondary N) is 1. The maximum atomic E-state index is 4.06. The van der Waals surface area contributed by atoms with E-state index in [1.807, 2.05) is 0 Å². The molecule has 1 aliphatic carbocycles. The summed E-state index contributed by atoms with van der Waals surface area (Å²) in [4.78, 5) is 2.74.